The normalized spacial score (nSPS) is 46.3. The van der Waals surface area contributed by atoms with Crippen LogP contribution in [0.1, 0.15) is 25.7 Å². The molecule has 2 bridgehead atoms. The third-order valence-corrected chi connectivity index (χ3v) is 5.93. The molecule has 0 spiro atoms. The van der Waals surface area contributed by atoms with E-state index in [1.54, 1.807) is 19.3 Å². The van der Waals surface area contributed by atoms with E-state index in [9.17, 15) is 0 Å². The average molecular weight is 250 g/mol. The van der Waals surface area contributed by atoms with Crippen LogP contribution in [-0.2, 0) is 0 Å². The highest BCUT2D eigenvalue weighted by molar-refractivity contribution is 5.05. The van der Waals surface area contributed by atoms with E-state index in [0.29, 0.717) is 0 Å². The van der Waals surface area contributed by atoms with Crippen molar-refractivity contribution in [1.29, 1.82) is 0 Å². The van der Waals surface area contributed by atoms with Crippen LogP contribution in [0, 0.1) is 35.5 Å². The summed E-state index contributed by atoms with van der Waals surface area (Å²) in [5.41, 5.74) is 0. The molecule has 3 rings (SSSR count). The van der Waals surface area contributed by atoms with E-state index < -0.39 is 0 Å². The molecule has 0 aromatic heterocycles. The van der Waals surface area contributed by atoms with Crippen molar-refractivity contribution in [1.82, 2.24) is 9.80 Å². The summed E-state index contributed by atoms with van der Waals surface area (Å²) in [4.78, 5) is 4.80. The lowest BCUT2D eigenvalue weighted by Gasteiger charge is -2.33. The number of hydrogen-bond acceptors (Lipinski definition) is 2. The van der Waals surface area contributed by atoms with Gasteiger partial charge < -0.3 is 9.80 Å². The molecule has 0 N–H and O–H groups in total. The van der Waals surface area contributed by atoms with Crippen LogP contribution >= 0.6 is 0 Å². The minimum absolute atomic E-state index is 0.999. The van der Waals surface area contributed by atoms with Crippen molar-refractivity contribution in [3.05, 3.63) is 0 Å². The van der Waals surface area contributed by atoms with E-state index in [0.717, 1.165) is 35.5 Å². The SMILES string of the molecule is CN(C)CC1CC2C(C1)[C@H]1C[C@@H]2CC1CN(C)C. The molecule has 0 amide bonds. The van der Waals surface area contributed by atoms with Crippen molar-refractivity contribution in [3.8, 4) is 0 Å². The summed E-state index contributed by atoms with van der Waals surface area (Å²) in [7, 11) is 8.95. The van der Waals surface area contributed by atoms with E-state index >= 15 is 0 Å². The van der Waals surface area contributed by atoms with Gasteiger partial charge >= 0.3 is 0 Å². The van der Waals surface area contributed by atoms with Crippen LogP contribution in [0.5, 0.6) is 0 Å². The zero-order chi connectivity index (χ0) is 12.9. The Morgan fingerprint density at radius 2 is 1.39 bits per heavy atom. The van der Waals surface area contributed by atoms with Gasteiger partial charge in [-0.2, -0.15) is 0 Å². The third kappa shape index (κ3) is 2.22. The Labute approximate surface area is 113 Å². The molecular formula is C16H30N2. The first-order valence-corrected chi connectivity index (χ1v) is 7.84. The minimum atomic E-state index is 0.999. The van der Waals surface area contributed by atoms with E-state index in [4.69, 9.17) is 0 Å². The highest BCUT2D eigenvalue weighted by Crippen LogP contribution is 2.62. The first-order chi connectivity index (χ1) is 8.54. The minimum Gasteiger partial charge on any atom is -0.309 e. The summed E-state index contributed by atoms with van der Waals surface area (Å²) in [5.74, 6) is 6.39. The maximum Gasteiger partial charge on any atom is 0.000642 e. The number of nitrogens with zero attached hydrogens (tertiary/aromatic N) is 2. The second-order valence-electron chi connectivity index (χ2n) is 7.85. The molecule has 18 heavy (non-hydrogen) atoms. The van der Waals surface area contributed by atoms with E-state index in [1.807, 2.05) is 0 Å². The first-order valence-electron chi connectivity index (χ1n) is 7.84. The third-order valence-electron chi connectivity index (χ3n) is 5.93. The van der Waals surface area contributed by atoms with Crippen molar-refractivity contribution < 1.29 is 0 Å². The Bertz CT molecular complexity index is 299. The molecule has 2 heteroatoms. The van der Waals surface area contributed by atoms with Crippen LogP contribution in [0.2, 0.25) is 0 Å². The molecule has 0 aliphatic heterocycles. The Morgan fingerprint density at radius 1 is 0.722 bits per heavy atom. The maximum absolute atomic E-state index is 2.41. The van der Waals surface area contributed by atoms with Crippen LogP contribution < -0.4 is 0 Å². The summed E-state index contributed by atoms with van der Waals surface area (Å²) >= 11 is 0. The fourth-order valence-electron chi connectivity index (χ4n) is 5.67. The van der Waals surface area contributed by atoms with E-state index in [-0.39, 0.29) is 0 Å². The van der Waals surface area contributed by atoms with Crippen LogP contribution in [0.25, 0.3) is 0 Å². The molecule has 0 heterocycles. The quantitative estimate of drug-likeness (QED) is 0.756. The number of fused-ring (bicyclic) bond motifs is 5. The van der Waals surface area contributed by atoms with Gasteiger partial charge in [0.2, 0.25) is 0 Å². The second kappa shape index (κ2) is 4.79. The number of rotatable bonds is 4. The molecule has 0 aromatic rings. The summed E-state index contributed by atoms with van der Waals surface area (Å²) in [5, 5.41) is 0. The van der Waals surface area contributed by atoms with Gasteiger partial charge in [0, 0.05) is 13.1 Å². The van der Waals surface area contributed by atoms with Gasteiger partial charge in [0.15, 0.2) is 0 Å². The maximum atomic E-state index is 2.41. The molecule has 0 radical (unpaired) electrons. The van der Waals surface area contributed by atoms with Gasteiger partial charge in [-0.15, -0.1) is 0 Å². The van der Waals surface area contributed by atoms with Gasteiger partial charge in [0.1, 0.15) is 0 Å². The monoisotopic (exact) mass is 250 g/mol. The second-order valence-corrected chi connectivity index (χ2v) is 7.85. The largest absolute Gasteiger partial charge is 0.309 e. The topological polar surface area (TPSA) is 6.48 Å². The Morgan fingerprint density at radius 3 is 2.06 bits per heavy atom. The molecule has 0 saturated heterocycles. The molecular weight excluding hydrogens is 220 g/mol. The Kier molecular flexibility index (Phi) is 3.44. The van der Waals surface area contributed by atoms with Crippen molar-refractivity contribution >= 4 is 0 Å². The molecule has 104 valence electrons. The molecule has 6 atom stereocenters. The fourth-order valence-corrected chi connectivity index (χ4v) is 5.67. The van der Waals surface area contributed by atoms with Crippen molar-refractivity contribution in [2.45, 2.75) is 25.7 Å². The van der Waals surface area contributed by atoms with Gasteiger partial charge in [0.05, 0.1) is 0 Å². The molecule has 4 unspecified atom stereocenters. The van der Waals surface area contributed by atoms with Gasteiger partial charge in [-0.3, -0.25) is 0 Å². The lowest BCUT2D eigenvalue weighted by Crippen LogP contribution is -2.31. The average Bonchev–Trinajstić information content (AvgIpc) is 2.85. The van der Waals surface area contributed by atoms with Crippen molar-refractivity contribution in [3.63, 3.8) is 0 Å². The Balaban J connectivity index is 1.62. The molecule has 3 aliphatic rings. The van der Waals surface area contributed by atoms with E-state index in [2.05, 4.69) is 38.0 Å². The van der Waals surface area contributed by atoms with Crippen LogP contribution in [-0.4, -0.2) is 51.1 Å². The van der Waals surface area contributed by atoms with Gasteiger partial charge in [0.25, 0.3) is 0 Å². The Hall–Kier alpha value is -0.0800. The van der Waals surface area contributed by atoms with Gasteiger partial charge in [-0.1, -0.05) is 0 Å². The number of hydrogen-bond donors (Lipinski definition) is 0. The van der Waals surface area contributed by atoms with Gasteiger partial charge in [-0.05, 0) is 89.4 Å². The summed E-state index contributed by atoms with van der Waals surface area (Å²) in [6, 6.07) is 0. The lowest BCUT2D eigenvalue weighted by atomic mass is 9.75. The molecule has 3 fully saturated rings. The lowest BCUT2D eigenvalue weighted by molar-refractivity contribution is 0.158. The highest BCUT2D eigenvalue weighted by Gasteiger charge is 2.55. The van der Waals surface area contributed by atoms with Crippen molar-refractivity contribution in [2.24, 2.45) is 35.5 Å². The molecule has 0 aromatic carbocycles. The summed E-state index contributed by atoms with van der Waals surface area (Å²) in [6.07, 6.45) is 6.19. The summed E-state index contributed by atoms with van der Waals surface area (Å²) in [6.45, 7) is 2.66. The van der Waals surface area contributed by atoms with Gasteiger partial charge in [-0.25, -0.2) is 0 Å². The zero-order valence-corrected chi connectivity index (χ0v) is 12.6. The predicted molar refractivity (Wildman–Crippen MR) is 76.5 cm³/mol. The first kappa shape index (κ1) is 12.9. The highest BCUT2D eigenvalue weighted by atomic mass is 15.1. The zero-order valence-electron chi connectivity index (χ0n) is 12.6. The van der Waals surface area contributed by atoms with Crippen LogP contribution in [0.4, 0.5) is 0 Å². The fraction of sp³-hybridized carbons (Fsp3) is 1.00. The standard InChI is InChI=1S/C16H30N2/c1-17(2)9-11-5-14-12-7-13(10-18(3)4)15(8-12)16(14)6-11/h11-16H,5-10H2,1-4H3/t11?,12-,13?,14?,15-,16?/m0/s1. The van der Waals surface area contributed by atoms with E-state index in [1.165, 1.54) is 19.5 Å². The van der Waals surface area contributed by atoms with Crippen molar-refractivity contribution in [2.75, 3.05) is 41.3 Å². The molecule has 3 aliphatic carbocycles. The van der Waals surface area contributed by atoms with Crippen LogP contribution in [0.3, 0.4) is 0 Å². The predicted octanol–water partition coefficient (Wildman–Crippen LogP) is 2.41. The molecule has 2 nitrogen and oxygen atoms in total. The van der Waals surface area contributed by atoms with Crippen LogP contribution in [0.15, 0.2) is 0 Å². The smallest absolute Gasteiger partial charge is 0.000642 e. The summed E-state index contributed by atoms with van der Waals surface area (Å²) < 4.78 is 0. The molecule has 3 saturated carbocycles.